The first-order chi connectivity index (χ1) is 8.90. The lowest BCUT2D eigenvalue weighted by molar-refractivity contribution is 0.318. The van der Waals surface area contributed by atoms with Crippen LogP contribution < -0.4 is 15.4 Å². The van der Waals surface area contributed by atoms with Gasteiger partial charge in [0.25, 0.3) is 0 Å². The number of nitrogens with one attached hydrogen (secondary N) is 2. The highest BCUT2D eigenvalue weighted by molar-refractivity contribution is 5.56. The first-order valence-electron chi connectivity index (χ1n) is 7.09. The van der Waals surface area contributed by atoms with Crippen LogP contribution >= 0.6 is 0 Å². The van der Waals surface area contributed by atoms with E-state index in [4.69, 9.17) is 4.74 Å². The van der Waals surface area contributed by atoms with Crippen molar-refractivity contribution in [1.82, 2.24) is 5.32 Å². The Balaban J connectivity index is 1.87. The predicted molar refractivity (Wildman–Crippen MR) is 76.4 cm³/mol. The third kappa shape index (κ3) is 3.91. The van der Waals surface area contributed by atoms with Crippen LogP contribution in [-0.2, 0) is 0 Å². The quantitative estimate of drug-likeness (QED) is 0.812. The first-order valence-corrected chi connectivity index (χ1v) is 7.09. The molecule has 0 amide bonds. The van der Waals surface area contributed by atoms with Gasteiger partial charge < -0.3 is 15.4 Å². The third-order valence-corrected chi connectivity index (χ3v) is 3.30. The SMILES string of the molecule is CCCOc1ccccc1NCC1CCCCN1. The van der Waals surface area contributed by atoms with Crippen molar-refractivity contribution in [2.45, 2.75) is 38.6 Å². The molecule has 0 bridgehead atoms. The van der Waals surface area contributed by atoms with Gasteiger partial charge in [-0.25, -0.2) is 0 Å². The number of para-hydroxylation sites is 2. The van der Waals surface area contributed by atoms with Crippen LogP contribution in [0.5, 0.6) is 5.75 Å². The fourth-order valence-electron chi connectivity index (χ4n) is 2.28. The molecule has 0 aromatic heterocycles. The maximum Gasteiger partial charge on any atom is 0.142 e. The molecule has 1 aliphatic rings. The molecular formula is C15H24N2O. The average molecular weight is 248 g/mol. The highest BCUT2D eigenvalue weighted by Crippen LogP contribution is 2.24. The molecule has 1 aliphatic heterocycles. The van der Waals surface area contributed by atoms with E-state index in [1.165, 1.54) is 19.3 Å². The minimum absolute atomic E-state index is 0.595. The number of benzene rings is 1. The van der Waals surface area contributed by atoms with Gasteiger partial charge in [-0.15, -0.1) is 0 Å². The second-order valence-electron chi connectivity index (χ2n) is 4.87. The molecule has 1 saturated heterocycles. The van der Waals surface area contributed by atoms with E-state index in [1.54, 1.807) is 0 Å². The molecule has 0 spiro atoms. The Bertz CT molecular complexity index is 348. The van der Waals surface area contributed by atoms with E-state index in [1.807, 2.05) is 12.1 Å². The zero-order valence-corrected chi connectivity index (χ0v) is 11.2. The van der Waals surface area contributed by atoms with E-state index in [0.717, 1.165) is 37.6 Å². The smallest absolute Gasteiger partial charge is 0.142 e. The predicted octanol–water partition coefficient (Wildman–Crippen LogP) is 3.03. The van der Waals surface area contributed by atoms with Gasteiger partial charge in [0.2, 0.25) is 0 Å². The molecule has 3 nitrogen and oxygen atoms in total. The first kappa shape index (κ1) is 13.2. The molecule has 1 heterocycles. The number of hydrogen-bond acceptors (Lipinski definition) is 3. The Labute approximate surface area is 110 Å². The summed E-state index contributed by atoms with van der Waals surface area (Å²) < 4.78 is 5.74. The summed E-state index contributed by atoms with van der Waals surface area (Å²) in [5.74, 6) is 0.968. The summed E-state index contributed by atoms with van der Waals surface area (Å²) in [6.07, 6.45) is 4.96. The van der Waals surface area contributed by atoms with E-state index in [2.05, 4.69) is 29.7 Å². The van der Waals surface area contributed by atoms with Gasteiger partial charge in [0.1, 0.15) is 5.75 Å². The normalized spacial score (nSPS) is 19.5. The molecule has 1 atom stereocenters. The molecule has 1 aromatic carbocycles. The van der Waals surface area contributed by atoms with Crippen LogP contribution in [0.1, 0.15) is 32.6 Å². The van der Waals surface area contributed by atoms with Crippen molar-refractivity contribution in [3.63, 3.8) is 0 Å². The molecule has 2 N–H and O–H groups in total. The Morgan fingerprint density at radius 1 is 1.33 bits per heavy atom. The zero-order chi connectivity index (χ0) is 12.6. The number of rotatable bonds is 6. The molecule has 3 heteroatoms. The van der Waals surface area contributed by atoms with E-state index < -0.39 is 0 Å². The maximum atomic E-state index is 5.74. The van der Waals surface area contributed by atoms with Gasteiger partial charge in [0, 0.05) is 12.6 Å². The lowest BCUT2D eigenvalue weighted by Crippen LogP contribution is -2.39. The lowest BCUT2D eigenvalue weighted by Gasteiger charge is -2.24. The Kier molecular flexibility index (Phi) is 5.34. The van der Waals surface area contributed by atoms with E-state index >= 15 is 0 Å². The number of piperidine rings is 1. The van der Waals surface area contributed by atoms with Gasteiger partial charge in [0.05, 0.1) is 12.3 Å². The number of hydrogen-bond donors (Lipinski definition) is 2. The van der Waals surface area contributed by atoms with E-state index in [-0.39, 0.29) is 0 Å². The van der Waals surface area contributed by atoms with E-state index in [0.29, 0.717) is 6.04 Å². The summed E-state index contributed by atoms with van der Waals surface area (Å²) in [6, 6.07) is 8.79. The molecule has 1 fully saturated rings. The van der Waals surface area contributed by atoms with Gasteiger partial charge in [-0.3, -0.25) is 0 Å². The molecule has 100 valence electrons. The highest BCUT2D eigenvalue weighted by atomic mass is 16.5. The Morgan fingerprint density at radius 3 is 3.00 bits per heavy atom. The number of ether oxygens (including phenoxy) is 1. The van der Waals surface area contributed by atoms with Gasteiger partial charge in [-0.05, 0) is 37.9 Å². The standard InChI is InChI=1S/C15H24N2O/c1-2-11-18-15-9-4-3-8-14(15)17-12-13-7-5-6-10-16-13/h3-4,8-9,13,16-17H,2,5-7,10-12H2,1H3. The molecule has 0 radical (unpaired) electrons. The van der Waals surface area contributed by atoms with Crippen LogP contribution in [0.25, 0.3) is 0 Å². The number of anilines is 1. The summed E-state index contributed by atoms with van der Waals surface area (Å²) in [4.78, 5) is 0. The zero-order valence-electron chi connectivity index (χ0n) is 11.2. The van der Waals surface area contributed by atoms with Crippen molar-refractivity contribution >= 4 is 5.69 Å². The summed E-state index contributed by atoms with van der Waals surface area (Å²) >= 11 is 0. The summed E-state index contributed by atoms with van der Waals surface area (Å²) in [5.41, 5.74) is 1.11. The second-order valence-corrected chi connectivity index (χ2v) is 4.87. The van der Waals surface area contributed by atoms with Crippen molar-refractivity contribution in [2.24, 2.45) is 0 Å². The van der Waals surface area contributed by atoms with Crippen LogP contribution in [0.15, 0.2) is 24.3 Å². The van der Waals surface area contributed by atoms with Crippen LogP contribution in [0, 0.1) is 0 Å². The molecular weight excluding hydrogens is 224 g/mol. The third-order valence-electron chi connectivity index (χ3n) is 3.30. The molecule has 0 saturated carbocycles. The summed E-state index contributed by atoms with van der Waals surface area (Å²) in [5, 5.41) is 7.05. The van der Waals surface area contributed by atoms with Crippen LogP contribution in [0.4, 0.5) is 5.69 Å². The van der Waals surface area contributed by atoms with Gasteiger partial charge in [-0.2, -0.15) is 0 Å². The Hall–Kier alpha value is -1.22. The van der Waals surface area contributed by atoms with Crippen LogP contribution in [-0.4, -0.2) is 25.7 Å². The van der Waals surface area contributed by atoms with Crippen LogP contribution in [0.3, 0.4) is 0 Å². The highest BCUT2D eigenvalue weighted by Gasteiger charge is 2.12. The topological polar surface area (TPSA) is 33.3 Å². The summed E-state index contributed by atoms with van der Waals surface area (Å²) in [7, 11) is 0. The molecule has 1 unspecified atom stereocenters. The van der Waals surface area contributed by atoms with Crippen molar-refractivity contribution in [3.05, 3.63) is 24.3 Å². The summed E-state index contributed by atoms with van der Waals surface area (Å²) in [6.45, 7) is 5.04. The van der Waals surface area contributed by atoms with Crippen LogP contribution in [0.2, 0.25) is 0 Å². The van der Waals surface area contributed by atoms with Crippen molar-refractivity contribution in [3.8, 4) is 5.75 Å². The van der Waals surface area contributed by atoms with Crippen molar-refractivity contribution in [1.29, 1.82) is 0 Å². The Morgan fingerprint density at radius 2 is 2.22 bits per heavy atom. The maximum absolute atomic E-state index is 5.74. The van der Waals surface area contributed by atoms with Crippen molar-refractivity contribution < 1.29 is 4.74 Å². The molecule has 1 aromatic rings. The lowest BCUT2D eigenvalue weighted by atomic mass is 10.1. The fraction of sp³-hybridized carbons (Fsp3) is 0.600. The largest absolute Gasteiger partial charge is 0.491 e. The van der Waals surface area contributed by atoms with Gasteiger partial charge in [-0.1, -0.05) is 25.5 Å². The molecule has 18 heavy (non-hydrogen) atoms. The monoisotopic (exact) mass is 248 g/mol. The second kappa shape index (κ2) is 7.27. The van der Waals surface area contributed by atoms with Gasteiger partial charge in [0.15, 0.2) is 0 Å². The molecule has 2 rings (SSSR count). The minimum atomic E-state index is 0.595. The molecule has 0 aliphatic carbocycles. The van der Waals surface area contributed by atoms with E-state index in [9.17, 15) is 0 Å². The van der Waals surface area contributed by atoms with Gasteiger partial charge >= 0.3 is 0 Å². The fourth-order valence-corrected chi connectivity index (χ4v) is 2.28. The minimum Gasteiger partial charge on any atom is -0.491 e. The van der Waals surface area contributed by atoms with Crippen molar-refractivity contribution in [2.75, 3.05) is 25.0 Å². The average Bonchev–Trinajstić information content (AvgIpc) is 2.45.